The topological polar surface area (TPSA) is 29.3 Å². The molecular weight excluding hydrogens is 277 g/mol. The molecule has 2 nitrogen and oxygen atoms in total. The molecule has 1 aliphatic carbocycles. The fraction of sp³-hybridized carbons (Fsp3) is 0.625. The number of alkyl halides is 3. The Balaban J connectivity index is 2.20. The summed E-state index contributed by atoms with van der Waals surface area (Å²) in [4.78, 5) is 2.17. The van der Waals surface area contributed by atoms with Crippen molar-refractivity contribution in [3.8, 4) is 0 Å². The molecule has 1 aliphatic rings. The average Bonchev–Trinajstić information content (AvgIpc) is 2.46. The SMILES string of the molecule is CCN(Cc1ccc(N)cc1C(F)(F)F)C1CCCCC1. The Morgan fingerprint density at radius 2 is 1.86 bits per heavy atom. The molecule has 1 aromatic carbocycles. The van der Waals surface area contributed by atoms with Crippen molar-refractivity contribution in [3.63, 3.8) is 0 Å². The summed E-state index contributed by atoms with van der Waals surface area (Å²) in [5, 5.41) is 0. The number of rotatable bonds is 4. The molecule has 5 heteroatoms. The molecule has 0 saturated heterocycles. The minimum atomic E-state index is -4.35. The van der Waals surface area contributed by atoms with E-state index in [2.05, 4.69) is 4.90 Å². The standard InChI is InChI=1S/C16H23F3N2/c1-2-21(14-6-4-3-5-7-14)11-12-8-9-13(20)10-15(12)16(17,18)19/h8-10,14H,2-7,11,20H2,1H3. The number of benzene rings is 1. The van der Waals surface area contributed by atoms with Crippen LogP contribution in [-0.2, 0) is 12.7 Å². The van der Waals surface area contributed by atoms with Gasteiger partial charge in [-0.05, 0) is 37.1 Å². The van der Waals surface area contributed by atoms with E-state index in [1.54, 1.807) is 6.07 Å². The molecule has 2 rings (SSSR count). The Morgan fingerprint density at radius 1 is 1.19 bits per heavy atom. The summed E-state index contributed by atoms with van der Waals surface area (Å²) < 4.78 is 39.5. The van der Waals surface area contributed by atoms with Crippen LogP contribution in [0, 0.1) is 0 Å². The zero-order valence-electron chi connectivity index (χ0n) is 12.4. The van der Waals surface area contributed by atoms with Crippen LogP contribution in [0.4, 0.5) is 18.9 Å². The highest BCUT2D eigenvalue weighted by Crippen LogP contribution is 2.34. The van der Waals surface area contributed by atoms with Crippen LogP contribution in [0.1, 0.15) is 50.2 Å². The van der Waals surface area contributed by atoms with Crippen molar-refractivity contribution < 1.29 is 13.2 Å². The van der Waals surface area contributed by atoms with Gasteiger partial charge in [-0.2, -0.15) is 13.2 Å². The summed E-state index contributed by atoms with van der Waals surface area (Å²) in [5.41, 5.74) is 5.40. The van der Waals surface area contributed by atoms with E-state index >= 15 is 0 Å². The molecule has 0 amide bonds. The van der Waals surface area contributed by atoms with Crippen molar-refractivity contribution >= 4 is 5.69 Å². The van der Waals surface area contributed by atoms with E-state index < -0.39 is 11.7 Å². The first-order valence-corrected chi connectivity index (χ1v) is 7.61. The molecule has 0 bridgehead atoms. The molecule has 0 radical (unpaired) electrons. The second kappa shape index (κ2) is 6.69. The maximum Gasteiger partial charge on any atom is 0.416 e. The first-order chi connectivity index (χ1) is 9.91. The lowest BCUT2D eigenvalue weighted by atomic mass is 9.93. The summed E-state index contributed by atoms with van der Waals surface area (Å²) in [6.45, 7) is 3.13. The van der Waals surface area contributed by atoms with Crippen LogP contribution in [0.25, 0.3) is 0 Å². The summed E-state index contributed by atoms with van der Waals surface area (Å²) in [5.74, 6) is 0. The lowest BCUT2D eigenvalue weighted by molar-refractivity contribution is -0.138. The van der Waals surface area contributed by atoms with Gasteiger partial charge in [-0.15, -0.1) is 0 Å². The van der Waals surface area contributed by atoms with Gasteiger partial charge < -0.3 is 5.73 Å². The molecule has 0 unspecified atom stereocenters. The van der Waals surface area contributed by atoms with E-state index in [-0.39, 0.29) is 5.69 Å². The Morgan fingerprint density at radius 3 is 2.43 bits per heavy atom. The summed E-state index contributed by atoms with van der Waals surface area (Å²) in [7, 11) is 0. The quantitative estimate of drug-likeness (QED) is 0.833. The van der Waals surface area contributed by atoms with Gasteiger partial charge in [-0.1, -0.05) is 32.3 Å². The maximum absolute atomic E-state index is 13.2. The summed E-state index contributed by atoms with van der Waals surface area (Å²) >= 11 is 0. The van der Waals surface area contributed by atoms with Crippen LogP contribution >= 0.6 is 0 Å². The second-order valence-corrected chi connectivity index (χ2v) is 5.77. The van der Waals surface area contributed by atoms with Crippen LogP contribution < -0.4 is 5.73 Å². The van der Waals surface area contributed by atoms with Crippen LogP contribution in [0.5, 0.6) is 0 Å². The van der Waals surface area contributed by atoms with Crippen molar-refractivity contribution in [1.82, 2.24) is 4.90 Å². The van der Waals surface area contributed by atoms with Gasteiger partial charge in [0.2, 0.25) is 0 Å². The van der Waals surface area contributed by atoms with E-state index in [0.717, 1.165) is 25.5 Å². The molecule has 0 aromatic heterocycles. The van der Waals surface area contributed by atoms with Crippen molar-refractivity contribution in [3.05, 3.63) is 29.3 Å². The van der Waals surface area contributed by atoms with Crippen LogP contribution in [-0.4, -0.2) is 17.5 Å². The Hall–Kier alpha value is -1.23. The van der Waals surface area contributed by atoms with Crippen molar-refractivity contribution in [1.29, 1.82) is 0 Å². The number of halogens is 3. The first-order valence-electron chi connectivity index (χ1n) is 7.61. The second-order valence-electron chi connectivity index (χ2n) is 5.77. The normalized spacial score (nSPS) is 17.4. The minimum Gasteiger partial charge on any atom is -0.399 e. The fourth-order valence-electron chi connectivity index (χ4n) is 3.16. The minimum absolute atomic E-state index is 0.159. The van der Waals surface area contributed by atoms with Crippen LogP contribution in [0.3, 0.4) is 0 Å². The van der Waals surface area contributed by atoms with Crippen molar-refractivity contribution in [2.24, 2.45) is 0 Å². The summed E-state index contributed by atoms with van der Waals surface area (Å²) in [6.07, 6.45) is 1.42. The Labute approximate surface area is 124 Å². The van der Waals surface area contributed by atoms with Gasteiger partial charge in [-0.25, -0.2) is 0 Å². The van der Waals surface area contributed by atoms with Gasteiger partial charge in [0.25, 0.3) is 0 Å². The zero-order valence-corrected chi connectivity index (χ0v) is 12.4. The number of nitrogens with zero attached hydrogens (tertiary/aromatic N) is 1. The Bertz CT molecular complexity index is 465. The first kappa shape index (κ1) is 16.1. The largest absolute Gasteiger partial charge is 0.416 e. The lowest BCUT2D eigenvalue weighted by Gasteiger charge is -2.34. The summed E-state index contributed by atoms with van der Waals surface area (Å²) in [6, 6.07) is 4.52. The van der Waals surface area contributed by atoms with Gasteiger partial charge >= 0.3 is 6.18 Å². The van der Waals surface area contributed by atoms with Crippen molar-refractivity contribution in [2.45, 2.75) is 57.8 Å². The lowest BCUT2D eigenvalue weighted by Crippen LogP contribution is -2.36. The molecule has 1 saturated carbocycles. The van der Waals surface area contributed by atoms with Gasteiger partial charge in [0.05, 0.1) is 5.56 Å². The van der Waals surface area contributed by atoms with E-state index in [1.807, 2.05) is 6.92 Å². The van der Waals surface area contributed by atoms with Gasteiger partial charge in [0, 0.05) is 18.3 Å². The van der Waals surface area contributed by atoms with E-state index in [0.29, 0.717) is 18.2 Å². The molecule has 0 heterocycles. The van der Waals surface area contributed by atoms with E-state index in [4.69, 9.17) is 5.73 Å². The third-order valence-corrected chi connectivity index (χ3v) is 4.31. The number of nitrogen functional groups attached to an aromatic ring is 1. The predicted octanol–water partition coefficient (Wildman–Crippen LogP) is 4.44. The molecule has 118 valence electrons. The van der Waals surface area contributed by atoms with E-state index in [1.165, 1.54) is 25.3 Å². The van der Waals surface area contributed by atoms with Gasteiger partial charge in [0.15, 0.2) is 0 Å². The number of hydrogen-bond acceptors (Lipinski definition) is 2. The molecule has 2 N–H and O–H groups in total. The smallest absolute Gasteiger partial charge is 0.399 e. The highest BCUT2D eigenvalue weighted by molar-refractivity contribution is 5.46. The molecule has 0 spiro atoms. The van der Waals surface area contributed by atoms with Crippen LogP contribution in [0.2, 0.25) is 0 Å². The molecule has 0 aliphatic heterocycles. The third-order valence-electron chi connectivity index (χ3n) is 4.31. The zero-order chi connectivity index (χ0) is 15.5. The number of nitrogens with two attached hydrogens (primary N) is 1. The molecular formula is C16H23F3N2. The van der Waals surface area contributed by atoms with Crippen LogP contribution in [0.15, 0.2) is 18.2 Å². The highest BCUT2D eigenvalue weighted by Gasteiger charge is 2.34. The van der Waals surface area contributed by atoms with E-state index in [9.17, 15) is 13.2 Å². The number of anilines is 1. The maximum atomic E-state index is 13.2. The molecule has 1 fully saturated rings. The predicted molar refractivity (Wildman–Crippen MR) is 78.8 cm³/mol. The molecule has 0 atom stereocenters. The van der Waals surface area contributed by atoms with Gasteiger partial charge in [0.1, 0.15) is 0 Å². The average molecular weight is 300 g/mol. The highest BCUT2D eigenvalue weighted by atomic mass is 19.4. The molecule has 21 heavy (non-hydrogen) atoms. The Kier molecular flexibility index (Phi) is 5.14. The van der Waals surface area contributed by atoms with Crippen molar-refractivity contribution in [2.75, 3.05) is 12.3 Å². The molecule has 1 aromatic rings. The fourth-order valence-corrected chi connectivity index (χ4v) is 3.16. The van der Waals surface area contributed by atoms with Gasteiger partial charge in [-0.3, -0.25) is 4.90 Å². The number of hydrogen-bond donors (Lipinski definition) is 1. The third kappa shape index (κ3) is 4.13. The monoisotopic (exact) mass is 300 g/mol.